The summed E-state index contributed by atoms with van der Waals surface area (Å²) in [6.45, 7) is 0. The highest BCUT2D eigenvalue weighted by Crippen LogP contribution is 2.47. The summed E-state index contributed by atoms with van der Waals surface area (Å²) in [5.41, 5.74) is 5.91. The van der Waals surface area contributed by atoms with Crippen LogP contribution in [0.4, 0.5) is 5.69 Å². The first-order chi connectivity index (χ1) is 17.2. The summed E-state index contributed by atoms with van der Waals surface area (Å²) in [5.74, 6) is 0. The molecule has 5 aromatic rings. The molecule has 4 nitrogen and oxygen atoms in total. The average Bonchev–Trinajstić information content (AvgIpc) is 2.92. The van der Waals surface area contributed by atoms with Crippen molar-refractivity contribution >= 4 is 38.1 Å². The minimum Gasteiger partial charge on any atom is -0.388 e. The summed E-state index contributed by atoms with van der Waals surface area (Å²) in [6, 6.07) is 26.9. The molecule has 1 radical (unpaired) electrons. The van der Waals surface area contributed by atoms with Gasteiger partial charge in [-0.1, -0.05) is 42.5 Å². The summed E-state index contributed by atoms with van der Waals surface area (Å²) in [6.07, 6.45) is 6.35. The Morgan fingerprint density at radius 2 is 1.71 bits per heavy atom. The van der Waals surface area contributed by atoms with Crippen LogP contribution in [0.15, 0.2) is 79.0 Å². The SMILES string of the molecule is CNc1ccc2c(ccc3c4c(ccc32)C([CH]c2ccc3ncccc3c2)(NC)CCC4NC)c1. The van der Waals surface area contributed by atoms with Gasteiger partial charge in [0.2, 0.25) is 0 Å². The number of fused-ring (bicyclic) bond motifs is 6. The first-order valence-corrected chi connectivity index (χ1v) is 12.4. The molecule has 1 aliphatic rings. The van der Waals surface area contributed by atoms with Crippen molar-refractivity contribution in [2.45, 2.75) is 24.4 Å². The van der Waals surface area contributed by atoms with Crippen LogP contribution < -0.4 is 16.0 Å². The summed E-state index contributed by atoms with van der Waals surface area (Å²) >= 11 is 0. The number of anilines is 1. The fourth-order valence-corrected chi connectivity index (χ4v) is 5.98. The Kier molecular flexibility index (Phi) is 5.43. The Balaban J connectivity index is 1.53. The van der Waals surface area contributed by atoms with E-state index < -0.39 is 0 Å². The summed E-state index contributed by atoms with van der Waals surface area (Å²) in [7, 11) is 6.14. The van der Waals surface area contributed by atoms with E-state index in [0.717, 1.165) is 24.0 Å². The average molecular weight is 460 g/mol. The molecule has 175 valence electrons. The van der Waals surface area contributed by atoms with Gasteiger partial charge in [0.1, 0.15) is 0 Å². The van der Waals surface area contributed by atoms with Crippen LogP contribution in [0.3, 0.4) is 0 Å². The van der Waals surface area contributed by atoms with Gasteiger partial charge in [-0.15, -0.1) is 0 Å². The number of benzene rings is 4. The molecule has 2 unspecified atom stereocenters. The van der Waals surface area contributed by atoms with Crippen molar-refractivity contribution in [1.82, 2.24) is 15.6 Å². The van der Waals surface area contributed by atoms with Gasteiger partial charge in [0.05, 0.1) is 11.1 Å². The van der Waals surface area contributed by atoms with Crippen molar-refractivity contribution in [2.75, 3.05) is 26.5 Å². The number of nitrogens with zero attached hydrogens (tertiary/aromatic N) is 1. The molecule has 0 saturated carbocycles. The van der Waals surface area contributed by atoms with Crippen molar-refractivity contribution in [3.05, 3.63) is 102 Å². The van der Waals surface area contributed by atoms with E-state index in [9.17, 15) is 0 Å². The van der Waals surface area contributed by atoms with Crippen LogP contribution in [0.5, 0.6) is 0 Å². The first kappa shape index (κ1) is 22.0. The second kappa shape index (κ2) is 8.63. The van der Waals surface area contributed by atoms with E-state index in [-0.39, 0.29) is 5.54 Å². The maximum absolute atomic E-state index is 4.49. The van der Waals surface area contributed by atoms with E-state index in [2.05, 4.69) is 108 Å². The van der Waals surface area contributed by atoms with E-state index in [4.69, 9.17) is 0 Å². The van der Waals surface area contributed by atoms with Gasteiger partial charge in [-0.2, -0.15) is 0 Å². The third-order valence-electron chi connectivity index (χ3n) is 7.84. The molecule has 0 amide bonds. The van der Waals surface area contributed by atoms with Crippen LogP contribution >= 0.6 is 0 Å². The van der Waals surface area contributed by atoms with E-state index >= 15 is 0 Å². The summed E-state index contributed by atoms with van der Waals surface area (Å²) in [5, 5.41) is 17.0. The van der Waals surface area contributed by atoms with Crippen molar-refractivity contribution in [2.24, 2.45) is 0 Å². The van der Waals surface area contributed by atoms with Crippen molar-refractivity contribution in [3.63, 3.8) is 0 Å². The lowest BCUT2D eigenvalue weighted by atomic mass is 9.70. The zero-order valence-electron chi connectivity index (χ0n) is 20.5. The largest absolute Gasteiger partial charge is 0.388 e. The lowest BCUT2D eigenvalue weighted by Crippen LogP contribution is -2.45. The van der Waals surface area contributed by atoms with Crippen LogP contribution in [-0.4, -0.2) is 26.1 Å². The number of nitrogens with one attached hydrogen (secondary N) is 3. The molecule has 3 N–H and O–H groups in total. The molecule has 1 heterocycles. The number of pyridine rings is 1. The Hall–Kier alpha value is -3.47. The van der Waals surface area contributed by atoms with Gasteiger partial charge >= 0.3 is 0 Å². The van der Waals surface area contributed by atoms with E-state index in [0.29, 0.717) is 6.04 Å². The molecule has 0 aliphatic heterocycles. The van der Waals surface area contributed by atoms with Crippen molar-refractivity contribution in [3.8, 4) is 0 Å². The number of hydrogen-bond acceptors (Lipinski definition) is 4. The molecule has 4 aromatic carbocycles. The zero-order valence-corrected chi connectivity index (χ0v) is 20.5. The Morgan fingerprint density at radius 1 is 0.857 bits per heavy atom. The normalized spacial score (nSPS) is 19.8. The van der Waals surface area contributed by atoms with Gasteiger partial charge in [-0.05, 0) is 95.5 Å². The van der Waals surface area contributed by atoms with Crippen molar-refractivity contribution < 1.29 is 0 Å². The predicted octanol–water partition coefficient (Wildman–Crippen LogP) is 6.30. The van der Waals surface area contributed by atoms with Crippen LogP contribution in [0, 0.1) is 6.42 Å². The lowest BCUT2D eigenvalue weighted by molar-refractivity contribution is 0.325. The highest BCUT2D eigenvalue weighted by Gasteiger charge is 2.39. The summed E-state index contributed by atoms with van der Waals surface area (Å²) < 4.78 is 0. The third-order valence-corrected chi connectivity index (χ3v) is 7.84. The molecule has 6 rings (SSSR count). The molecule has 1 aliphatic carbocycles. The highest BCUT2D eigenvalue weighted by atomic mass is 15.0. The monoisotopic (exact) mass is 459 g/mol. The topological polar surface area (TPSA) is 49.0 Å². The van der Waals surface area contributed by atoms with E-state index in [1.807, 2.05) is 19.3 Å². The predicted molar refractivity (Wildman–Crippen MR) is 148 cm³/mol. The van der Waals surface area contributed by atoms with Gasteiger partial charge < -0.3 is 16.0 Å². The van der Waals surface area contributed by atoms with Crippen LogP contribution in [0.2, 0.25) is 0 Å². The summed E-state index contributed by atoms with van der Waals surface area (Å²) in [4.78, 5) is 4.49. The fraction of sp³-hybridized carbons (Fsp3) is 0.226. The molecule has 0 saturated heterocycles. The maximum atomic E-state index is 4.49. The van der Waals surface area contributed by atoms with Crippen molar-refractivity contribution in [1.29, 1.82) is 0 Å². The number of likely N-dealkylation sites (N-methyl/N-ethyl adjacent to an activating group) is 1. The molecule has 1 aromatic heterocycles. The smallest absolute Gasteiger partial charge is 0.0702 e. The second-order valence-corrected chi connectivity index (χ2v) is 9.57. The van der Waals surface area contributed by atoms with E-state index in [1.54, 1.807) is 0 Å². The van der Waals surface area contributed by atoms with Gasteiger partial charge in [0.25, 0.3) is 0 Å². The zero-order chi connectivity index (χ0) is 24.0. The minimum absolute atomic E-state index is 0.238. The molecule has 4 heteroatoms. The lowest BCUT2D eigenvalue weighted by Gasteiger charge is -2.43. The molecule has 0 spiro atoms. The molecule has 2 atom stereocenters. The van der Waals surface area contributed by atoms with Crippen LogP contribution in [0.25, 0.3) is 32.4 Å². The van der Waals surface area contributed by atoms with Gasteiger partial charge in [0, 0.05) is 36.8 Å². The standard InChI is InChI=1S/C31H31N4/c1-32-23-8-10-24-21(18-23)7-9-26-25(24)11-12-27-30(26)29(33-2)14-15-31(27,34-3)19-20-6-13-28-22(17-20)5-4-16-35-28/h4-13,16-19,29,32-34H,14-15H2,1-3H3. The Bertz CT molecular complexity index is 1560. The van der Waals surface area contributed by atoms with Gasteiger partial charge in [0.15, 0.2) is 0 Å². The molecule has 0 fully saturated rings. The molecular formula is C31H31N4. The third kappa shape index (κ3) is 3.56. The fourth-order valence-electron chi connectivity index (χ4n) is 5.98. The number of rotatable bonds is 5. The number of hydrogen-bond donors (Lipinski definition) is 3. The molecule has 0 bridgehead atoms. The Morgan fingerprint density at radius 3 is 2.54 bits per heavy atom. The minimum atomic E-state index is -0.238. The van der Waals surface area contributed by atoms with Gasteiger partial charge in [-0.3, -0.25) is 4.98 Å². The quantitative estimate of drug-likeness (QED) is 0.270. The van der Waals surface area contributed by atoms with Crippen LogP contribution in [0.1, 0.15) is 35.6 Å². The maximum Gasteiger partial charge on any atom is 0.0702 e. The van der Waals surface area contributed by atoms with E-state index in [1.165, 1.54) is 43.6 Å². The molecular weight excluding hydrogens is 428 g/mol. The highest BCUT2D eigenvalue weighted by molar-refractivity contribution is 6.09. The second-order valence-electron chi connectivity index (χ2n) is 9.57. The number of aromatic nitrogens is 1. The Labute approximate surface area is 206 Å². The molecule has 35 heavy (non-hydrogen) atoms. The van der Waals surface area contributed by atoms with Crippen LogP contribution in [-0.2, 0) is 5.54 Å². The first-order valence-electron chi connectivity index (χ1n) is 12.4. The van der Waals surface area contributed by atoms with Gasteiger partial charge in [-0.25, -0.2) is 0 Å².